The van der Waals surface area contributed by atoms with Gasteiger partial charge in [-0.2, -0.15) is 5.10 Å². The van der Waals surface area contributed by atoms with Gasteiger partial charge in [0, 0.05) is 19.2 Å². The summed E-state index contributed by atoms with van der Waals surface area (Å²) in [6, 6.07) is 4.00. The van der Waals surface area contributed by atoms with Crippen LogP contribution in [0.5, 0.6) is 5.75 Å². The zero-order chi connectivity index (χ0) is 16.4. The van der Waals surface area contributed by atoms with Gasteiger partial charge >= 0.3 is 6.03 Å². The summed E-state index contributed by atoms with van der Waals surface area (Å²) in [5.41, 5.74) is 5.36. The number of ether oxygens (including phenoxy) is 1. The second kappa shape index (κ2) is 6.32. The molecule has 0 saturated carbocycles. The van der Waals surface area contributed by atoms with Gasteiger partial charge in [-0.15, -0.1) is 0 Å². The third-order valence-corrected chi connectivity index (χ3v) is 4.42. The van der Waals surface area contributed by atoms with E-state index in [1.165, 1.54) is 17.5 Å². The Hall–Kier alpha value is -2.50. The van der Waals surface area contributed by atoms with Crippen molar-refractivity contribution in [3.63, 3.8) is 0 Å². The molecule has 0 unspecified atom stereocenters. The van der Waals surface area contributed by atoms with Crippen LogP contribution in [0.4, 0.5) is 10.5 Å². The molecule has 0 spiro atoms. The Kier molecular flexibility index (Phi) is 4.23. The number of nitrogens with zero attached hydrogens (tertiary/aromatic N) is 2. The van der Waals surface area contributed by atoms with Crippen LogP contribution in [0, 0.1) is 6.92 Å². The number of rotatable bonds is 4. The van der Waals surface area contributed by atoms with Crippen LogP contribution in [0.2, 0.25) is 0 Å². The van der Waals surface area contributed by atoms with Crippen LogP contribution >= 0.6 is 0 Å². The molecule has 3 rings (SSSR count). The number of urea groups is 1. The molecule has 1 aromatic heterocycles. The van der Waals surface area contributed by atoms with Crippen molar-refractivity contribution < 1.29 is 9.53 Å². The van der Waals surface area contributed by atoms with Gasteiger partial charge in [-0.05, 0) is 43.4 Å². The maximum absolute atomic E-state index is 12.1. The number of aromatic nitrogens is 2. The largest absolute Gasteiger partial charge is 0.496 e. The first-order chi connectivity index (χ1) is 11.1. The minimum absolute atomic E-state index is 0.247. The number of nitrogens with one attached hydrogen (secondary N) is 2. The summed E-state index contributed by atoms with van der Waals surface area (Å²) >= 11 is 0. The topological polar surface area (TPSA) is 68.2 Å². The van der Waals surface area contributed by atoms with Crippen molar-refractivity contribution >= 4 is 11.7 Å². The van der Waals surface area contributed by atoms with Gasteiger partial charge in [-0.3, -0.25) is 4.68 Å². The fourth-order valence-electron chi connectivity index (χ4n) is 2.94. The number of carbonyl (C=O) groups excluding carboxylic acids is 1. The van der Waals surface area contributed by atoms with E-state index in [2.05, 4.69) is 27.9 Å². The summed E-state index contributed by atoms with van der Waals surface area (Å²) < 4.78 is 7.18. The van der Waals surface area contributed by atoms with Crippen molar-refractivity contribution in [2.24, 2.45) is 7.05 Å². The van der Waals surface area contributed by atoms with Gasteiger partial charge in [0.1, 0.15) is 5.75 Å². The first-order valence-corrected chi connectivity index (χ1v) is 7.80. The summed E-state index contributed by atoms with van der Waals surface area (Å²) in [6.45, 7) is 2.34. The minimum Gasteiger partial charge on any atom is -0.496 e. The van der Waals surface area contributed by atoms with E-state index in [0.717, 1.165) is 29.8 Å². The standard InChI is InChI=1S/C17H22N4O2/c1-11-15(10-19-21(11)2)20-17(22)18-9-14-7-12-5-4-6-13(12)8-16(14)23-3/h7-8,10H,4-6,9H2,1-3H3,(H2,18,20,22). The zero-order valence-corrected chi connectivity index (χ0v) is 13.8. The number of anilines is 1. The summed E-state index contributed by atoms with van der Waals surface area (Å²) in [6.07, 6.45) is 5.05. The molecule has 23 heavy (non-hydrogen) atoms. The van der Waals surface area contributed by atoms with Crippen LogP contribution in [0.15, 0.2) is 18.3 Å². The van der Waals surface area contributed by atoms with E-state index in [4.69, 9.17) is 4.74 Å². The van der Waals surface area contributed by atoms with Crippen LogP contribution in [0.3, 0.4) is 0 Å². The van der Waals surface area contributed by atoms with Crippen LogP contribution in [-0.2, 0) is 26.4 Å². The second-order valence-corrected chi connectivity index (χ2v) is 5.86. The smallest absolute Gasteiger partial charge is 0.319 e. The molecule has 1 aliphatic rings. The molecule has 1 heterocycles. The van der Waals surface area contributed by atoms with Crippen molar-refractivity contribution in [2.75, 3.05) is 12.4 Å². The van der Waals surface area contributed by atoms with Gasteiger partial charge in [0.2, 0.25) is 0 Å². The molecule has 2 aromatic rings. The molecule has 0 bridgehead atoms. The third-order valence-electron chi connectivity index (χ3n) is 4.42. The lowest BCUT2D eigenvalue weighted by Gasteiger charge is -2.13. The summed E-state index contributed by atoms with van der Waals surface area (Å²) in [5.74, 6) is 0.837. The van der Waals surface area contributed by atoms with E-state index in [0.29, 0.717) is 12.2 Å². The quantitative estimate of drug-likeness (QED) is 0.911. The highest BCUT2D eigenvalue weighted by molar-refractivity contribution is 5.89. The highest BCUT2D eigenvalue weighted by Gasteiger charge is 2.16. The van der Waals surface area contributed by atoms with E-state index in [1.54, 1.807) is 18.0 Å². The Balaban J connectivity index is 1.66. The van der Waals surface area contributed by atoms with Gasteiger partial charge in [0.25, 0.3) is 0 Å². The monoisotopic (exact) mass is 314 g/mol. The number of amides is 2. The number of fused-ring (bicyclic) bond motifs is 1. The first kappa shape index (κ1) is 15.4. The Bertz CT molecular complexity index is 736. The molecule has 0 saturated heterocycles. The number of carbonyl (C=O) groups is 1. The molecule has 1 aromatic carbocycles. The fraction of sp³-hybridized carbons (Fsp3) is 0.412. The molecular weight excluding hydrogens is 292 g/mol. The first-order valence-electron chi connectivity index (χ1n) is 7.80. The summed E-state index contributed by atoms with van der Waals surface area (Å²) in [7, 11) is 3.51. The second-order valence-electron chi connectivity index (χ2n) is 5.86. The van der Waals surface area contributed by atoms with Crippen molar-refractivity contribution in [1.82, 2.24) is 15.1 Å². The maximum atomic E-state index is 12.1. The normalized spacial score (nSPS) is 12.8. The molecule has 0 radical (unpaired) electrons. The molecule has 0 atom stereocenters. The van der Waals surface area contributed by atoms with E-state index >= 15 is 0 Å². The van der Waals surface area contributed by atoms with Crippen LogP contribution in [0.25, 0.3) is 0 Å². The average Bonchev–Trinajstić information content (AvgIpc) is 3.13. The maximum Gasteiger partial charge on any atom is 0.319 e. The van der Waals surface area contributed by atoms with Gasteiger partial charge in [-0.1, -0.05) is 6.07 Å². The van der Waals surface area contributed by atoms with Crippen LogP contribution in [0.1, 0.15) is 28.8 Å². The molecule has 122 valence electrons. The highest BCUT2D eigenvalue weighted by Crippen LogP contribution is 2.29. The molecule has 1 aliphatic carbocycles. The van der Waals surface area contributed by atoms with Gasteiger partial charge in [0.15, 0.2) is 0 Å². The predicted octanol–water partition coefficient (Wildman–Crippen LogP) is 2.55. The van der Waals surface area contributed by atoms with Crippen molar-refractivity contribution in [3.05, 3.63) is 40.7 Å². The van der Waals surface area contributed by atoms with E-state index in [9.17, 15) is 4.79 Å². The Morgan fingerprint density at radius 1 is 1.35 bits per heavy atom. The van der Waals surface area contributed by atoms with E-state index in [-0.39, 0.29) is 6.03 Å². The summed E-state index contributed by atoms with van der Waals surface area (Å²) in [5, 5.41) is 9.81. The van der Waals surface area contributed by atoms with Gasteiger partial charge in [0.05, 0.1) is 24.7 Å². The Morgan fingerprint density at radius 3 is 2.74 bits per heavy atom. The fourth-order valence-corrected chi connectivity index (χ4v) is 2.94. The third kappa shape index (κ3) is 3.16. The van der Waals surface area contributed by atoms with Crippen molar-refractivity contribution in [2.45, 2.75) is 32.7 Å². The number of methoxy groups -OCH3 is 1. The molecule has 2 N–H and O–H groups in total. The highest BCUT2D eigenvalue weighted by atomic mass is 16.5. The lowest BCUT2D eigenvalue weighted by molar-refractivity contribution is 0.251. The zero-order valence-electron chi connectivity index (χ0n) is 13.8. The lowest BCUT2D eigenvalue weighted by atomic mass is 10.1. The van der Waals surface area contributed by atoms with E-state index < -0.39 is 0 Å². The molecule has 6 heteroatoms. The molecule has 2 amide bonds. The van der Waals surface area contributed by atoms with Crippen molar-refractivity contribution in [3.8, 4) is 5.75 Å². The average molecular weight is 314 g/mol. The SMILES string of the molecule is COc1cc2c(cc1CNC(=O)Nc1cnn(C)c1C)CCC2. The van der Waals surface area contributed by atoms with Gasteiger partial charge in [-0.25, -0.2) is 4.79 Å². The van der Waals surface area contributed by atoms with Crippen molar-refractivity contribution in [1.29, 1.82) is 0 Å². The van der Waals surface area contributed by atoms with Crippen LogP contribution in [-0.4, -0.2) is 22.9 Å². The number of benzene rings is 1. The van der Waals surface area contributed by atoms with Gasteiger partial charge < -0.3 is 15.4 Å². The molecule has 6 nitrogen and oxygen atoms in total. The summed E-state index contributed by atoms with van der Waals surface area (Å²) in [4.78, 5) is 12.1. The molecule has 0 aliphatic heterocycles. The Morgan fingerprint density at radius 2 is 2.09 bits per heavy atom. The van der Waals surface area contributed by atoms with E-state index in [1.807, 2.05) is 14.0 Å². The molecule has 0 fully saturated rings. The molecular formula is C17H22N4O2. The van der Waals surface area contributed by atoms with Crippen LogP contribution < -0.4 is 15.4 Å². The lowest BCUT2D eigenvalue weighted by Crippen LogP contribution is -2.28. The number of aryl methyl sites for hydroxylation is 3. The minimum atomic E-state index is -0.247. The number of hydrogen-bond donors (Lipinski definition) is 2. The number of hydrogen-bond acceptors (Lipinski definition) is 3. The predicted molar refractivity (Wildman–Crippen MR) is 88.8 cm³/mol. The Labute approximate surface area is 135 Å².